The molecule has 1 aliphatic carbocycles. The molecule has 0 aromatic rings. The van der Waals surface area contributed by atoms with Gasteiger partial charge in [0.15, 0.2) is 0 Å². The molecule has 0 amide bonds. The van der Waals surface area contributed by atoms with Gasteiger partial charge in [-0.15, -0.1) is 0 Å². The number of hydrogen-bond acceptors (Lipinski definition) is 1. The van der Waals surface area contributed by atoms with Gasteiger partial charge >= 0.3 is 0 Å². The Hall–Kier alpha value is -0.0451. The normalized spacial score (nSPS) is 35.9. The average molecular weight is 167 g/mol. The summed E-state index contributed by atoms with van der Waals surface area (Å²) in [5, 5.41) is 0. The second kappa shape index (κ2) is 3.02. The molecule has 2 rings (SSSR count). The number of rotatable bonds is 1. The first-order valence-corrected chi connectivity index (χ1v) is 4.89. The van der Waals surface area contributed by atoms with E-state index in [9.17, 15) is 4.39 Å². The highest BCUT2D eigenvalue weighted by Crippen LogP contribution is 2.36. The Morgan fingerprint density at radius 1 is 1.33 bits per heavy atom. The maximum atomic E-state index is 13.0. The first kappa shape index (κ1) is 8.55. The Balaban J connectivity index is 1.94. The van der Waals surface area contributed by atoms with Crippen LogP contribution in [0.15, 0.2) is 0 Å². The van der Waals surface area contributed by atoms with Gasteiger partial charge in [-0.25, -0.2) is 4.39 Å². The molecule has 2 fully saturated rings. The lowest BCUT2D eigenvalue weighted by atomic mass is 9.61. The van der Waals surface area contributed by atoms with Crippen LogP contribution in [0.3, 0.4) is 0 Å². The number of alkyl halides is 1. The molecule has 1 saturated carbocycles. The smallest absolute Gasteiger partial charge is 0.113 e. The Bertz CT molecular complexity index is 170. The van der Waals surface area contributed by atoms with Gasteiger partial charge in [-0.05, 0) is 37.7 Å². The molecule has 2 radical (unpaired) electrons. The van der Waals surface area contributed by atoms with Crippen LogP contribution in [-0.4, -0.2) is 37.4 Å². The quantitative estimate of drug-likeness (QED) is 0.534. The fourth-order valence-corrected chi connectivity index (χ4v) is 2.19. The summed E-state index contributed by atoms with van der Waals surface area (Å²) in [6.07, 6.45) is 4.38. The van der Waals surface area contributed by atoms with Crippen molar-refractivity contribution in [3.8, 4) is 0 Å². The molecular weight excluding hydrogens is 152 g/mol. The molecule has 0 N–H and O–H groups in total. The van der Waals surface area contributed by atoms with E-state index in [0.717, 1.165) is 32.2 Å². The highest BCUT2D eigenvalue weighted by Gasteiger charge is 2.39. The van der Waals surface area contributed by atoms with Gasteiger partial charge in [0, 0.05) is 6.54 Å². The van der Waals surface area contributed by atoms with Crippen LogP contribution in [0.1, 0.15) is 32.1 Å². The van der Waals surface area contributed by atoms with Crippen LogP contribution in [0.5, 0.6) is 0 Å². The third-order valence-corrected chi connectivity index (χ3v) is 3.21. The van der Waals surface area contributed by atoms with E-state index in [1.54, 1.807) is 0 Å². The summed E-state index contributed by atoms with van der Waals surface area (Å²) >= 11 is 0. The summed E-state index contributed by atoms with van der Waals surface area (Å²) in [6.45, 7) is 1.56. The van der Waals surface area contributed by atoms with Gasteiger partial charge in [0.2, 0.25) is 0 Å². The summed E-state index contributed by atoms with van der Waals surface area (Å²) in [4.78, 5) is 2.14. The van der Waals surface area contributed by atoms with Crippen molar-refractivity contribution < 1.29 is 4.39 Å². The first-order valence-electron chi connectivity index (χ1n) is 4.89. The maximum Gasteiger partial charge on any atom is 0.113 e. The highest BCUT2D eigenvalue weighted by atomic mass is 19.1. The van der Waals surface area contributed by atoms with Crippen LogP contribution >= 0.6 is 0 Å². The Morgan fingerprint density at radius 2 is 2.08 bits per heavy atom. The minimum atomic E-state index is -0.639. The molecule has 0 bridgehead atoms. The van der Waals surface area contributed by atoms with E-state index in [-0.39, 0.29) is 5.44 Å². The lowest BCUT2D eigenvalue weighted by Gasteiger charge is -2.50. The molecule has 0 spiro atoms. The minimum absolute atomic E-state index is 0.134. The predicted octanol–water partition coefficient (Wildman–Crippen LogP) is 1.47. The van der Waals surface area contributed by atoms with Gasteiger partial charge in [-0.3, -0.25) is 0 Å². The van der Waals surface area contributed by atoms with E-state index in [1.807, 2.05) is 0 Å². The summed E-state index contributed by atoms with van der Waals surface area (Å²) in [6, 6.07) is 0. The van der Waals surface area contributed by atoms with Crippen molar-refractivity contribution in [2.45, 2.75) is 43.7 Å². The average Bonchev–Trinajstić information content (AvgIpc) is 2.00. The largest absolute Gasteiger partial charge is 0.303 e. The lowest BCUT2D eigenvalue weighted by Crippen LogP contribution is -2.57. The topological polar surface area (TPSA) is 3.24 Å². The zero-order valence-corrected chi connectivity index (χ0v) is 7.43. The van der Waals surface area contributed by atoms with Gasteiger partial charge in [-0.2, -0.15) is 0 Å². The molecule has 0 aromatic carbocycles. The number of hydrogen-bond donors (Lipinski definition) is 0. The van der Waals surface area contributed by atoms with Gasteiger partial charge in [-0.1, -0.05) is 6.42 Å². The van der Waals surface area contributed by atoms with Gasteiger partial charge < -0.3 is 4.90 Å². The zero-order chi connectivity index (χ0) is 8.60. The third-order valence-electron chi connectivity index (χ3n) is 3.21. The molecule has 66 valence electrons. The van der Waals surface area contributed by atoms with Crippen LogP contribution in [0.2, 0.25) is 0 Å². The number of piperidine rings is 1. The molecule has 0 aromatic heterocycles. The van der Waals surface area contributed by atoms with E-state index in [0.29, 0.717) is 6.54 Å². The molecule has 0 unspecified atom stereocenters. The lowest BCUT2D eigenvalue weighted by molar-refractivity contribution is 0.0349. The molecule has 1 nitrogen and oxygen atoms in total. The first-order chi connectivity index (χ1) is 5.71. The van der Waals surface area contributed by atoms with Crippen LogP contribution in [-0.2, 0) is 0 Å². The van der Waals surface area contributed by atoms with E-state index < -0.39 is 6.17 Å². The highest BCUT2D eigenvalue weighted by molar-refractivity contribution is 6.15. The van der Waals surface area contributed by atoms with Crippen molar-refractivity contribution in [2.75, 3.05) is 13.1 Å². The summed E-state index contributed by atoms with van der Waals surface area (Å²) in [7, 11) is 6.10. The van der Waals surface area contributed by atoms with E-state index in [2.05, 4.69) is 4.90 Å². The van der Waals surface area contributed by atoms with E-state index in [1.165, 1.54) is 6.42 Å². The van der Waals surface area contributed by atoms with Crippen molar-refractivity contribution in [1.29, 1.82) is 0 Å². The van der Waals surface area contributed by atoms with Crippen molar-refractivity contribution >= 4 is 7.85 Å². The fourth-order valence-electron chi connectivity index (χ4n) is 2.19. The molecular formula is C9H15BFN. The van der Waals surface area contributed by atoms with Crippen LogP contribution in [0.25, 0.3) is 0 Å². The summed E-state index contributed by atoms with van der Waals surface area (Å²) in [5.74, 6) is 0. The van der Waals surface area contributed by atoms with Crippen molar-refractivity contribution in [3.63, 3.8) is 0 Å². The Kier molecular flexibility index (Phi) is 2.15. The molecule has 12 heavy (non-hydrogen) atoms. The minimum Gasteiger partial charge on any atom is -0.303 e. The van der Waals surface area contributed by atoms with Crippen molar-refractivity contribution in [1.82, 2.24) is 4.90 Å². The van der Waals surface area contributed by atoms with Gasteiger partial charge in [0.25, 0.3) is 0 Å². The number of halogens is 1. The number of likely N-dealkylation sites (tertiary alicyclic amines) is 1. The Morgan fingerprint density at radius 3 is 2.58 bits per heavy atom. The number of nitrogens with zero attached hydrogens (tertiary/aromatic N) is 1. The van der Waals surface area contributed by atoms with Crippen LogP contribution in [0, 0.1) is 0 Å². The van der Waals surface area contributed by atoms with Gasteiger partial charge in [0.1, 0.15) is 6.17 Å². The molecule has 1 aliphatic heterocycles. The SMILES string of the molecule is [B]C1(N2CCC[C@@H](F)C2)CCC1. The van der Waals surface area contributed by atoms with Crippen molar-refractivity contribution in [2.24, 2.45) is 0 Å². The second-order valence-corrected chi connectivity index (χ2v) is 4.14. The predicted molar refractivity (Wildman–Crippen MR) is 48.0 cm³/mol. The van der Waals surface area contributed by atoms with Crippen molar-refractivity contribution in [3.05, 3.63) is 0 Å². The molecule has 1 saturated heterocycles. The van der Waals surface area contributed by atoms with Crippen LogP contribution < -0.4 is 0 Å². The fraction of sp³-hybridized carbons (Fsp3) is 1.00. The third kappa shape index (κ3) is 1.39. The summed E-state index contributed by atoms with van der Waals surface area (Å²) < 4.78 is 13.0. The van der Waals surface area contributed by atoms with E-state index >= 15 is 0 Å². The Labute approximate surface area is 74.7 Å². The van der Waals surface area contributed by atoms with Crippen LogP contribution in [0.4, 0.5) is 4.39 Å². The van der Waals surface area contributed by atoms with Gasteiger partial charge in [0.05, 0.1) is 7.85 Å². The van der Waals surface area contributed by atoms with E-state index in [4.69, 9.17) is 7.85 Å². The maximum absolute atomic E-state index is 13.0. The molecule has 2 aliphatic rings. The molecule has 1 atom stereocenters. The molecule has 3 heteroatoms. The standard InChI is InChI=1S/C9H15BFN/c10-9(4-2-5-9)12-6-1-3-8(11)7-12/h8H,1-7H2/t8-/m1/s1. The summed E-state index contributed by atoms with van der Waals surface area (Å²) in [5.41, 5.74) is -0.134. The second-order valence-electron chi connectivity index (χ2n) is 4.14. The molecule has 1 heterocycles. The monoisotopic (exact) mass is 167 g/mol. The zero-order valence-electron chi connectivity index (χ0n) is 7.43.